The summed E-state index contributed by atoms with van der Waals surface area (Å²) in [5.74, 6) is -1.27. The second-order valence-electron chi connectivity index (χ2n) is 6.19. The largest absolute Gasteiger partial charge is 0.481 e. The molecule has 5 nitrogen and oxygen atoms in total. The lowest BCUT2D eigenvalue weighted by Gasteiger charge is -2.38. The van der Waals surface area contributed by atoms with Crippen molar-refractivity contribution in [3.63, 3.8) is 0 Å². The summed E-state index contributed by atoms with van der Waals surface area (Å²) >= 11 is 0. The SMILES string of the molecule is C=C1C(=O)OC2C1CCC(C)=C(CCC(=O)O)C2(C)OCC. The van der Waals surface area contributed by atoms with Crippen LogP contribution >= 0.6 is 0 Å². The third kappa shape index (κ3) is 2.82. The van der Waals surface area contributed by atoms with Crippen LogP contribution in [0.5, 0.6) is 0 Å². The van der Waals surface area contributed by atoms with Crippen LogP contribution in [0.25, 0.3) is 0 Å². The first-order valence-electron chi connectivity index (χ1n) is 7.75. The molecule has 0 aromatic heterocycles. The molecule has 1 fully saturated rings. The molecule has 1 N–H and O–H groups in total. The van der Waals surface area contributed by atoms with Crippen LogP contribution in [0.1, 0.15) is 46.5 Å². The third-order valence-corrected chi connectivity index (χ3v) is 4.83. The number of carbonyl (C=O) groups is 2. The van der Waals surface area contributed by atoms with E-state index in [1.807, 2.05) is 20.8 Å². The van der Waals surface area contributed by atoms with E-state index in [0.717, 1.165) is 24.0 Å². The van der Waals surface area contributed by atoms with Gasteiger partial charge in [0.2, 0.25) is 0 Å². The topological polar surface area (TPSA) is 72.8 Å². The summed E-state index contributed by atoms with van der Waals surface area (Å²) in [5, 5.41) is 9.01. The molecule has 2 aliphatic rings. The molecule has 1 saturated heterocycles. The van der Waals surface area contributed by atoms with Crippen LogP contribution in [0.2, 0.25) is 0 Å². The molecule has 0 spiro atoms. The van der Waals surface area contributed by atoms with Crippen LogP contribution in [0.15, 0.2) is 23.3 Å². The Labute approximate surface area is 131 Å². The van der Waals surface area contributed by atoms with Gasteiger partial charge in [-0.25, -0.2) is 4.79 Å². The molecular weight excluding hydrogens is 284 g/mol. The standard InChI is InChI=1S/C17H24O5/c1-5-21-17(4)13(8-9-14(18)19)10(2)6-7-12-11(3)16(20)22-15(12)17/h12,15H,3,5-9H2,1-2,4H3,(H,18,19). The number of ether oxygens (including phenoxy) is 2. The fraction of sp³-hybridized carbons (Fsp3) is 0.647. The van der Waals surface area contributed by atoms with E-state index >= 15 is 0 Å². The van der Waals surface area contributed by atoms with E-state index in [1.54, 1.807) is 0 Å². The summed E-state index contributed by atoms with van der Waals surface area (Å²) in [6.07, 6.45) is 1.61. The predicted octanol–water partition coefficient (Wildman–Crippen LogP) is 2.85. The third-order valence-electron chi connectivity index (χ3n) is 4.83. The highest BCUT2D eigenvalue weighted by molar-refractivity contribution is 5.91. The maximum absolute atomic E-state index is 11.9. The van der Waals surface area contributed by atoms with Gasteiger partial charge in [0.15, 0.2) is 0 Å². The molecule has 2 rings (SSSR count). The molecule has 1 aliphatic carbocycles. The number of hydrogen-bond donors (Lipinski definition) is 1. The molecule has 0 aromatic rings. The van der Waals surface area contributed by atoms with Crippen LogP contribution < -0.4 is 0 Å². The van der Waals surface area contributed by atoms with Gasteiger partial charge in [0, 0.05) is 24.5 Å². The monoisotopic (exact) mass is 308 g/mol. The van der Waals surface area contributed by atoms with Gasteiger partial charge in [0.1, 0.15) is 11.7 Å². The number of carboxylic acids is 1. The molecule has 3 atom stereocenters. The Bertz CT molecular complexity index is 533. The number of carboxylic acid groups (broad SMARTS) is 1. The van der Waals surface area contributed by atoms with Gasteiger partial charge in [-0.1, -0.05) is 12.2 Å². The minimum absolute atomic E-state index is 0.0433. The van der Waals surface area contributed by atoms with Crippen LogP contribution in [0.3, 0.4) is 0 Å². The van der Waals surface area contributed by atoms with Crippen molar-refractivity contribution in [1.82, 2.24) is 0 Å². The van der Waals surface area contributed by atoms with Crippen molar-refractivity contribution in [1.29, 1.82) is 0 Å². The first-order chi connectivity index (χ1) is 10.3. The molecular formula is C17H24O5. The highest BCUT2D eigenvalue weighted by Gasteiger charge is 2.53. The number of fused-ring (bicyclic) bond motifs is 1. The van der Waals surface area contributed by atoms with Gasteiger partial charge in [-0.15, -0.1) is 0 Å². The summed E-state index contributed by atoms with van der Waals surface area (Å²) in [4.78, 5) is 22.9. The molecule has 0 amide bonds. The summed E-state index contributed by atoms with van der Waals surface area (Å²) in [7, 11) is 0. The minimum atomic E-state index is -0.840. The number of hydrogen-bond acceptors (Lipinski definition) is 4. The summed E-state index contributed by atoms with van der Waals surface area (Å²) in [6, 6.07) is 0. The van der Waals surface area contributed by atoms with Crippen molar-refractivity contribution in [3.8, 4) is 0 Å². The average Bonchev–Trinajstić information content (AvgIpc) is 2.67. The van der Waals surface area contributed by atoms with E-state index < -0.39 is 17.7 Å². The van der Waals surface area contributed by atoms with Crippen molar-refractivity contribution in [2.24, 2.45) is 5.92 Å². The lowest BCUT2D eigenvalue weighted by atomic mass is 9.80. The lowest BCUT2D eigenvalue weighted by molar-refractivity contribution is -0.154. The second kappa shape index (κ2) is 6.24. The van der Waals surface area contributed by atoms with Crippen molar-refractivity contribution < 1.29 is 24.2 Å². The summed E-state index contributed by atoms with van der Waals surface area (Å²) in [6.45, 7) is 10.1. The zero-order valence-electron chi connectivity index (χ0n) is 13.5. The molecule has 0 radical (unpaired) electrons. The Morgan fingerprint density at radius 2 is 2.23 bits per heavy atom. The molecule has 0 bridgehead atoms. The van der Waals surface area contributed by atoms with Gasteiger partial charge in [0.25, 0.3) is 0 Å². The fourth-order valence-electron chi connectivity index (χ4n) is 3.71. The Morgan fingerprint density at radius 3 is 2.82 bits per heavy atom. The predicted molar refractivity (Wildman–Crippen MR) is 81.3 cm³/mol. The highest BCUT2D eigenvalue weighted by Crippen LogP contribution is 2.46. The number of carbonyl (C=O) groups excluding carboxylic acids is 1. The first-order valence-corrected chi connectivity index (χ1v) is 7.75. The van der Waals surface area contributed by atoms with E-state index in [-0.39, 0.29) is 18.3 Å². The Morgan fingerprint density at radius 1 is 1.55 bits per heavy atom. The number of aliphatic carboxylic acids is 1. The quantitative estimate of drug-likeness (QED) is 0.480. The highest BCUT2D eigenvalue weighted by atomic mass is 16.6. The minimum Gasteiger partial charge on any atom is -0.481 e. The van der Waals surface area contributed by atoms with E-state index in [4.69, 9.17) is 14.6 Å². The molecule has 122 valence electrons. The molecule has 5 heteroatoms. The second-order valence-corrected chi connectivity index (χ2v) is 6.19. The van der Waals surface area contributed by atoms with Crippen LogP contribution in [0.4, 0.5) is 0 Å². The molecule has 3 unspecified atom stereocenters. The van der Waals surface area contributed by atoms with Crippen molar-refractivity contribution in [2.75, 3.05) is 6.61 Å². The van der Waals surface area contributed by atoms with Crippen LogP contribution in [-0.2, 0) is 19.1 Å². The summed E-state index contributed by atoms with van der Waals surface area (Å²) in [5.41, 5.74) is 1.80. The Kier molecular flexibility index (Phi) is 4.75. The number of allylic oxidation sites excluding steroid dienone is 1. The van der Waals surface area contributed by atoms with E-state index in [9.17, 15) is 9.59 Å². The Hall–Kier alpha value is -1.62. The molecule has 0 saturated carbocycles. The van der Waals surface area contributed by atoms with Crippen molar-refractivity contribution in [3.05, 3.63) is 23.3 Å². The van der Waals surface area contributed by atoms with Gasteiger partial charge < -0.3 is 14.6 Å². The van der Waals surface area contributed by atoms with Gasteiger partial charge >= 0.3 is 11.9 Å². The van der Waals surface area contributed by atoms with Crippen LogP contribution in [0, 0.1) is 5.92 Å². The zero-order chi connectivity index (χ0) is 16.5. The van der Waals surface area contributed by atoms with Gasteiger partial charge in [-0.05, 0) is 45.6 Å². The van der Waals surface area contributed by atoms with Gasteiger partial charge in [-0.3, -0.25) is 4.79 Å². The van der Waals surface area contributed by atoms with E-state index in [2.05, 4.69) is 6.58 Å². The molecule has 1 aliphatic heterocycles. The molecule has 1 heterocycles. The van der Waals surface area contributed by atoms with Crippen LogP contribution in [-0.4, -0.2) is 35.4 Å². The number of esters is 1. The Balaban J connectivity index is 2.42. The normalized spacial score (nSPS) is 31.8. The smallest absolute Gasteiger partial charge is 0.334 e. The summed E-state index contributed by atoms with van der Waals surface area (Å²) < 4.78 is 11.6. The zero-order valence-corrected chi connectivity index (χ0v) is 13.5. The maximum atomic E-state index is 11.9. The first kappa shape index (κ1) is 16.7. The molecule has 0 aromatic carbocycles. The van der Waals surface area contributed by atoms with E-state index in [1.165, 1.54) is 0 Å². The van der Waals surface area contributed by atoms with E-state index in [0.29, 0.717) is 18.6 Å². The molecule has 22 heavy (non-hydrogen) atoms. The average molecular weight is 308 g/mol. The van der Waals surface area contributed by atoms with Gasteiger partial charge in [0.05, 0.1) is 0 Å². The number of rotatable bonds is 5. The van der Waals surface area contributed by atoms with Gasteiger partial charge in [-0.2, -0.15) is 0 Å². The lowest BCUT2D eigenvalue weighted by Crippen LogP contribution is -2.46. The van der Waals surface area contributed by atoms with Crippen molar-refractivity contribution >= 4 is 11.9 Å². The maximum Gasteiger partial charge on any atom is 0.334 e. The van der Waals surface area contributed by atoms with Crippen molar-refractivity contribution in [2.45, 2.75) is 58.2 Å². The fourth-order valence-corrected chi connectivity index (χ4v) is 3.71.